The van der Waals surface area contributed by atoms with Crippen molar-refractivity contribution in [2.24, 2.45) is 5.10 Å². The number of rotatable bonds is 4. The molecule has 0 fully saturated rings. The second kappa shape index (κ2) is 8.77. The molecule has 5 rings (SSSR count). The number of pyridine rings is 1. The molecule has 0 spiro atoms. The van der Waals surface area contributed by atoms with Crippen LogP contribution in [0.4, 0.5) is 22.0 Å². The third kappa shape index (κ3) is 4.61. The van der Waals surface area contributed by atoms with Crippen LogP contribution in [-0.4, -0.2) is 26.2 Å². The van der Waals surface area contributed by atoms with Gasteiger partial charge in [0.15, 0.2) is 11.6 Å². The fourth-order valence-electron chi connectivity index (χ4n) is 3.71. The summed E-state index contributed by atoms with van der Waals surface area (Å²) in [5.41, 5.74) is 2.06. The van der Waals surface area contributed by atoms with E-state index < -0.39 is 23.4 Å². The average molecular weight is 504 g/mol. The normalized spacial score (nSPS) is 13.3. The van der Waals surface area contributed by atoms with Crippen LogP contribution >= 0.6 is 11.6 Å². The summed E-state index contributed by atoms with van der Waals surface area (Å²) >= 11 is 6.06. The molecule has 2 aromatic carbocycles. The lowest BCUT2D eigenvalue weighted by Gasteiger charge is -2.21. The Morgan fingerprint density at radius 3 is 2.57 bits per heavy atom. The Labute approximate surface area is 200 Å². The predicted octanol–water partition coefficient (Wildman–Crippen LogP) is 6.44. The molecule has 0 aliphatic carbocycles. The van der Waals surface area contributed by atoms with Gasteiger partial charge in [-0.15, -0.1) is 0 Å². The van der Waals surface area contributed by atoms with Crippen molar-refractivity contribution in [3.05, 3.63) is 93.9 Å². The zero-order valence-corrected chi connectivity index (χ0v) is 18.5. The second-order valence-electron chi connectivity index (χ2n) is 7.86. The van der Waals surface area contributed by atoms with Crippen molar-refractivity contribution in [2.75, 3.05) is 0 Å². The van der Waals surface area contributed by atoms with Gasteiger partial charge in [-0.05, 0) is 35.9 Å². The zero-order valence-electron chi connectivity index (χ0n) is 17.7. The number of nitrogens with zero attached hydrogens (tertiary/aromatic N) is 4. The van der Waals surface area contributed by atoms with Gasteiger partial charge in [0.05, 0.1) is 46.8 Å². The summed E-state index contributed by atoms with van der Waals surface area (Å²) in [7, 11) is 0. The number of nitrogens with one attached hydrogen (secondary N) is 1. The third-order valence-electron chi connectivity index (χ3n) is 5.46. The van der Waals surface area contributed by atoms with E-state index >= 15 is 0 Å². The van der Waals surface area contributed by atoms with Crippen LogP contribution in [0.25, 0.3) is 22.6 Å². The summed E-state index contributed by atoms with van der Waals surface area (Å²) in [4.78, 5) is 11.7. The number of aromatic nitrogens is 3. The van der Waals surface area contributed by atoms with Crippen molar-refractivity contribution in [3.63, 3.8) is 0 Å². The number of imidazole rings is 1. The first-order valence-electron chi connectivity index (χ1n) is 10.3. The number of H-pyrrole nitrogens is 1. The Hall–Kier alpha value is -3.79. The van der Waals surface area contributed by atoms with Crippen molar-refractivity contribution >= 4 is 17.8 Å². The van der Waals surface area contributed by atoms with Crippen LogP contribution in [0, 0.1) is 11.6 Å². The van der Waals surface area contributed by atoms with Crippen molar-refractivity contribution in [2.45, 2.75) is 19.3 Å². The Morgan fingerprint density at radius 2 is 1.86 bits per heavy atom. The summed E-state index contributed by atoms with van der Waals surface area (Å²) in [5.74, 6) is -1.73. The zero-order chi connectivity index (χ0) is 24.7. The van der Waals surface area contributed by atoms with Crippen molar-refractivity contribution in [3.8, 4) is 22.6 Å². The van der Waals surface area contributed by atoms with Gasteiger partial charge in [-0.25, -0.2) is 13.8 Å². The highest BCUT2D eigenvalue weighted by atomic mass is 35.5. The van der Waals surface area contributed by atoms with E-state index in [9.17, 15) is 22.0 Å². The molecule has 2 aromatic heterocycles. The summed E-state index contributed by atoms with van der Waals surface area (Å²) in [5, 5.41) is 6.03. The highest BCUT2D eigenvalue weighted by Gasteiger charge is 2.31. The Kier molecular flexibility index (Phi) is 5.76. The quantitative estimate of drug-likeness (QED) is 0.326. The third-order valence-corrected chi connectivity index (χ3v) is 5.78. The second-order valence-corrected chi connectivity index (χ2v) is 8.27. The van der Waals surface area contributed by atoms with E-state index in [1.165, 1.54) is 24.4 Å². The largest absolute Gasteiger partial charge is 0.416 e. The first-order valence-corrected chi connectivity index (χ1v) is 10.7. The summed E-state index contributed by atoms with van der Waals surface area (Å²) in [6, 6.07) is 10.5. The van der Waals surface area contributed by atoms with E-state index in [1.54, 1.807) is 23.3 Å². The first-order chi connectivity index (χ1) is 16.7. The summed E-state index contributed by atoms with van der Waals surface area (Å²) in [6.45, 7) is 0.731. The number of alkyl halides is 3. The molecule has 178 valence electrons. The lowest BCUT2D eigenvalue weighted by Crippen LogP contribution is -2.21. The molecule has 1 aliphatic rings. The maximum absolute atomic E-state index is 14.1. The van der Waals surface area contributed by atoms with Crippen LogP contribution < -0.4 is 0 Å². The lowest BCUT2D eigenvalue weighted by molar-refractivity contribution is -0.137. The number of hydrogen-bond donors (Lipinski definition) is 1. The summed E-state index contributed by atoms with van der Waals surface area (Å²) in [6.07, 6.45) is -1.36. The molecule has 0 saturated heterocycles. The Morgan fingerprint density at radius 1 is 1.03 bits per heavy atom. The molecule has 11 heteroatoms. The molecule has 1 aliphatic heterocycles. The Bertz CT molecular complexity index is 1430. The topological polar surface area (TPSA) is 57.2 Å². The Balaban J connectivity index is 1.30. The molecule has 0 bridgehead atoms. The molecule has 0 radical (unpaired) electrons. The highest BCUT2D eigenvalue weighted by Crippen LogP contribution is 2.35. The van der Waals surface area contributed by atoms with Crippen LogP contribution in [0.5, 0.6) is 0 Å². The van der Waals surface area contributed by atoms with Gasteiger partial charge in [0.1, 0.15) is 11.5 Å². The van der Waals surface area contributed by atoms with Crippen molar-refractivity contribution < 1.29 is 22.0 Å². The monoisotopic (exact) mass is 503 g/mol. The molecule has 0 amide bonds. The molecule has 4 aromatic rings. The summed E-state index contributed by atoms with van der Waals surface area (Å²) < 4.78 is 66.3. The SMILES string of the molecule is Fc1cccc(-c2nc3c([nH]2)CN(Cc2ccc(-c4ccc(C(F)(F)F)cc4Cl)nc2)N=C3)c1F. The average Bonchev–Trinajstić information content (AvgIpc) is 3.24. The number of halogens is 6. The molecule has 0 atom stereocenters. The number of benzene rings is 2. The van der Waals surface area contributed by atoms with Gasteiger partial charge in [-0.2, -0.15) is 18.3 Å². The van der Waals surface area contributed by atoms with E-state index in [0.717, 1.165) is 23.8 Å². The fourth-order valence-corrected chi connectivity index (χ4v) is 3.99. The first kappa shape index (κ1) is 23.0. The standard InChI is InChI=1S/C24H15ClF5N5/c25-17-8-14(24(28,29)30)5-6-15(17)19-7-4-13(9-31-19)11-35-12-21-20(10-32-35)33-23(34-21)16-2-1-3-18(26)22(16)27/h1-10H,11-12H2,(H,33,34). The van der Waals surface area contributed by atoms with Gasteiger partial charge in [0.2, 0.25) is 0 Å². The van der Waals surface area contributed by atoms with E-state index in [2.05, 4.69) is 20.1 Å². The van der Waals surface area contributed by atoms with Crippen molar-refractivity contribution in [1.29, 1.82) is 0 Å². The smallest absolute Gasteiger partial charge is 0.340 e. The molecule has 0 unspecified atom stereocenters. The molecular weight excluding hydrogens is 489 g/mol. The van der Waals surface area contributed by atoms with Crippen LogP contribution in [0.2, 0.25) is 5.02 Å². The molecule has 0 saturated carbocycles. The van der Waals surface area contributed by atoms with Crippen LogP contribution in [-0.2, 0) is 19.3 Å². The number of hydrazone groups is 1. The number of hydrogen-bond acceptors (Lipinski definition) is 4. The van der Waals surface area contributed by atoms with Gasteiger partial charge in [-0.3, -0.25) is 9.99 Å². The van der Waals surface area contributed by atoms with Crippen molar-refractivity contribution in [1.82, 2.24) is 20.0 Å². The van der Waals surface area contributed by atoms with Crippen LogP contribution in [0.15, 0.2) is 59.8 Å². The maximum Gasteiger partial charge on any atom is 0.416 e. The van der Waals surface area contributed by atoms with Gasteiger partial charge in [-0.1, -0.05) is 29.8 Å². The minimum atomic E-state index is -4.48. The van der Waals surface area contributed by atoms with Gasteiger partial charge in [0.25, 0.3) is 0 Å². The maximum atomic E-state index is 14.1. The minimum Gasteiger partial charge on any atom is -0.340 e. The minimum absolute atomic E-state index is 0.0288. The van der Waals surface area contributed by atoms with Gasteiger partial charge >= 0.3 is 6.18 Å². The highest BCUT2D eigenvalue weighted by molar-refractivity contribution is 6.33. The lowest BCUT2D eigenvalue weighted by atomic mass is 10.1. The molecule has 3 heterocycles. The van der Waals surface area contributed by atoms with E-state index in [-0.39, 0.29) is 16.4 Å². The van der Waals surface area contributed by atoms with E-state index in [0.29, 0.717) is 35.7 Å². The van der Waals surface area contributed by atoms with Crippen LogP contribution in [0.1, 0.15) is 22.5 Å². The predicted molar refractivity (Wildman–Crippen MR) is 120 cm³/mol. The van der Waals surface area contributed by atoms with E-state index in [1.807, 2.05) is 0 Å². The number of fused-ring (bicyclic) bond motifs is 1. The molecular formula is C24H15ClF5N5. The number of aromatic amines is 1. The van der Waals surface area contributed by atoms with E-state index in [4.69, 9.17) is 11.6 Å². The molecule has 35 heavy (non-hydrogen) atoms. The molecule has 1 N–H and O–H groups in total. The fraction of sp³-hybridized carbons (Fsp3) is 0.125. The van der Waals surface area contributed by atoms with Gasteiger partial charge in [0, 0.05) is 11.8 Å². The van der Waals surface area contributed by atoms with Gasteiger partial charge < -0.3 is 4.98 Å². The van der Waals surface area contributed by atoms with Crippen LogP contribution in [0.3, 0.4) is 0 Å². The molecule has 5 nitrogen and oxygen atoms in total.